The van der Waals surface area contributed by atoms with Gasteiger partial charge < -0.3 is 19.7 Å². The van der Waals surface area contributed by atoms with E-state index in [0.29, 0.717) is 18.0 Å². The van der Waals surface area contributed by atoms with Gasteiger partial charge in [-0.15, -0.1) is 0 Å². The minimum Gasteiger partial charge on any atom is -0.454 e. The lowest BCUT2D eigenvalue weighted by atomic mass is 9.88. The Kier molecular flexibility index (Phi) is 4.19. The van der Waals surface area contributed by atoms with Crippen LogP contribution in [0.1, 0.15) is 24.0 Å². The number of carbonyl (C=O) groups excluding carboxylic acids is 2. The molecule has 2 unspecified atom stereocenters. The number of nitrogens with one attached hydrogen (secondary N) is 1. The summed E-state index contributed by atoms with van der Waals surface area (Å²) >= 11 is 0. The maximum absolute atomic E-state index is 12.8. The van der Waals surface area contributed by atoms with Crippen LogP contribution >= 0.6 is 0 Å². The van der Waals surface area contributed by atoms with E-state index in [1.54, 1.807) is 17.0 Å². The van der Waals surface area contributed by atoms with Gasteiger partial charge in [0.05, 0.1) is 5.92 Å². The van der Waals surface area contributed by atoms with Crippen molar-refractivity contribution in [2.24, 2.45) is 5.92 Å². The lowest BCUT2D eigenvalue weighted by Crippen LogP contribution is -2.42. The van der Waals surface area contributed by atoms with Crippen LogP contribution in [0.2, 0.25) is 0 Å². The second-order valence-electron chi connectivity index (χ2n) is 7.66. The zero-order chi connectivity index (χ0) is 19.1. The summed E-state index contributed by atoms with van der Waals surface area (Å²) in [5, 5.41) is 3.17. The van der Waals surface area contributed by atoms with Gasteiger partial charge in [-0.1, -0.05) is 24.3 Å². The van der Waals surface area contributed by atoms with E-state index >= 15 is 0 Å². The first kappa shape index (κ1) is 17.1. The fraction of sp³-hybridized carbons (Fsp3) is 0.364. The molecule has 1 saturated heterocycles. The molecule has 28 heavy (non-hydrogen) atoms. The van der Waals surface area contributed by atoms with Crippen LogP contribution in [0, 0.1) is 5.92 Å². The van der Waals surface area contributed by atoms with Crippen molar-refractivity contribution >= 4 is 17.5 Å². The number of hydrogen-bond acceptors (Lipinski definition) is 4. The molecule has 2 aromatic carbocycles. The van der Waals surface area contributed by atoms with Crippen LogP contribution in [-0.2, 0) is 22.4 Å². The molecule has 0 radical (unpaired) electrons. The largest absolute Gasteiger partial charge is 0.454 e. The summed E-state index contributed by atoms with van der Waals surface area (Å²) in [6, 6.07) is 14.0. The molecule has 0 spiro atoms. The number of ether oxygens (including phenoxy) is 2. The summed E-state index contributed by atoms with van der Waals surface area (Å²) < 4.78 is 10.7. The molecule has 1 fully saturated rings. The summed E-state index contributed by atoms with van der Waals surface area (Å²) in [5.41, 5.74) is 3.43. The van der Waals surface area contributed by atoms with Crippen molar-refractivity contribution in [1.82, 2.24) is 5.32 Å². The Morgan fingerprint density at radius 1 is 1.04 bits per heavy atom. The van der Waals surface area contributed by atoms with Gasteiger partial charge >= 0.3 is 0 Å². The maximum Gasteiger partial charge on any atom is 0.231 e. The van der Waals surface area contributed by atoms with Crippen molar-refractivity contribution in [1.29, 1.82) is 0 Å². The topological polar surface area (TPSA) is 67.9 Å². The predicted molar refractivity (Wildman–Crippen MR) is 103 cm³/mol. The Balaban J connectivity index is 1.24. The van der Waals surface area contributed by atoms with E-state index in [4.69, 9.17) is 9.47 Å². The number of fused-ring (bicyclic) bond motifs is 2. The highest BCUT2D eigenvalue weighted by atomic mass is 16.7. The summed E-state index contributed by atoms with van der Waals surface area (Å²) in [7, 11) is 0. The smallest absolute Gasteiger partial charge is 0.231 e. The average molecular weight is 378 g/mol. The van der Waals surface area contributed by atoms with Crippen molar-refractivity contribution < 1.29 is 19.1 Å². The Hall–Kier alpha value is -3.02. The van der Waals surface area contributed by atoms with Crippen molar-refractivity contribution in [3.63, 3.8) is 0 Å². The SMILES string of the molecule is O=C(NC1CCc2ccccc2C1)C1CC(=O)N(c2ccc3c(c2)OCO3)C1. The van der Waals surface area contributed by atoms with Crippen LogP contribution in [0.5, 0.6) is 11.5 Å². The molecule has 2 aromatic rings. The zero-order valence-electron chi connectivity index (χ0n) is 15.5. The van der Waals surface area contributed by atoms with Crippen LogP contribution in [-0.4, -0.2) is 31.2 Å². The van der Waals surface area contributed by atoms with Crippen molar-refractivity contribution in [3.05, 3.63) is 53.6 Å². The molecule has 2 aliphatic heterocycles. The molecule has 6 nitrogen and oxygen atoms in total. The van der Waals surface area contributed by atoms with Crippen LogP contribution < -0.4 is 19.7 Å². The van der Waals surface area contributed by atoms with Gasteiger partial charge in [0.2, 0.25) is 18.6 Å². The molecule has 0 saturated carbocycles. The van der Waals surface area contributed by atoms with E-state index in [1.165, 1.54) is 11.1 Å². The van der Waals surface area contributed by atoms with E-state index < -0.39 is 0 Å². The summed E-state index contributed by atoms with van der Waals surface area (Å²) in [6.07, 6.45) is 3.02. The average Bonchev–Trinajstić information content (AvgIpc) is 3.33. The van der Waals surface area contributed by atoms with Crippen LogP contribution in [0.25, 0.3) is 0 Å². The summed E-state index contributed by atoms with van der Waals surface area (Å²) in [5.74, 6) is 0.936. The number of nitrogens with zero attached hydrogens (tertiary/aromatic N) is 1. The van der Waals surface area contributed by atoms with E-state index in [2.05, 4.69) is 23.5 Å². The number of carbonyl (C=O) groups is 2. The summed E-state index contributed by atoms with van der Waals surface area (Å²) in [4.78, 5) is 27.0. The van der Waals surface area contributed by atoms with Crippen LogP contribution in [0.15, 0.2) is 42.5 Å². The molecule has 6 heteroatoms. The van der Waals surface area contributed by atoms with E-state index in [-0.39, 0.29) is 37.0 Å². The molecular formula is C22H22N2O4. The lowest BCUT2D eigenvalue weighted by Gasteiger charge is -2.26. The standard InChI is InChI=1S/C22H22N2O4/c25-21-10-16(12-24(21)18-7-8-19-20(11-18)28-13-27-19)22(26)23-17-6-5-14-3-1-2-4-15(14)9-17/h1-4,7-8,11,16-17H,5-6,9-10,12-13H2,(H,23,26). The number of hydrogen-bond donors (Lipinski definition) is 1. The fourth-order valence-corrected chi connectivity index (χ4v) is 4.33. The van der Waals surface area contributed by atoms with Gasteiger partial charge in [0.1, 0.15) is 0 Å². The van der Waals surface area contributed by atoms with E-state index in [9.17, 15) is 9.59 Å². The highest BCUT2D eigenvalue weighted by Gasteiger charge is 2.36. The number of anilines is 1. The van der Waals surface area contributed by atoms with Crippen LogP contribution in [0.3, 0.4) is 0 Å². The van der Waals surface area contributed by atoms with Gasteiger partial charge in [-0.3, -0.25) is 9.59 Å². The molecule has 1 aliphatic carbocycles. The van der Waals surface area contributed by atoms with Gasteiger partial charge in [-0.05, 0) is 42.5 Å². The third-order valence-electron chi connectivity index (χ3n) is 5.86. The third-order valence-corrected chi connectivity index (χ3v) is 5.86. The maximum atomic E-state index is 12.8. The van der Waals surface area contributed by atoms with Crippen molar-refractivity contribution in [2.45, 2.75) is 31.7 Å². The number of aryl methyl sites for hydroxylation is 1. The van der Waals surface area contributed by atoms with Crippen LogP contribution in [0.4, 0.5) is 5.69 Å². The molecule has 0 bridgehead atoms. The van der Waals surface area contributed by atoms with E-state index in [0.717, 1.165) is 24.9 Å². The number of benzene rings is 2. The molecule has 5 rings (SSSR count). The van der Waals surface area contributed by atoms with Gasteiger partial charge in [-0.2, -0.15) is 0 Å². The minimum absolute atomic E-state index is 0.0269. The third kappa shape index (κ3) is 3.09. The number of amides is 2. The van der Waals surface area contributed by atoms with Gasteiger partial charge in [0.15, 0.2) is 11.5 Å². The number of rotatable bonds is 3. The Morgan fingerprint density at radius 3 is 2.75 bits per heavy atom. The molecule has 2 amide bonds. The predicted octanol–water partition coefficient (Wildman–Crippen LogP) is 2.44. The zero-order valence-corrected chi connectivity index (χ0v) is 15.5. The van der Waals surface area contributed by atoms with Crippen molar-refractivity contribution in [3.8, 4) is 11.5 Å². The Bertz CT molecular complexity index is 942. The highest BCUT2D eigenvalue weighted by Crippen LogP contribution is 2.37. The first-order chi connectivity index (χ1) is 13.7. The Morgan fingerprint density at radius 2 is 1.86 bits per heavy atom. The van der Waals surface area contributed by atoms with Gasteiger partial charge in [0, 0.05) is 30.8 Å². The molecule has 144 valence electrons. The normalized spacial score (nSPS) is 22.9. The van der Waals surface area contributed by atoms with Crippen molar-refractivity contribution in [2.75, 3.05) is 18.2 Å². The van der Waals surface area contributed by atoms with E-state index in [1.807, 2.05) is 12.1 Å². The monoisotopic (exact) mass is 378 g/mol. The van der Waals surface area contributed by atoms with Gasteiger partial charge in [-0.25, -0.2) is 0 Å². The lowest BCUT2D eigenvalue weighted by molar-refractivity contribution is -0.127. The summed E-state index contributed by atoms with van der Waals surface area (Å²) in [6.45, 7) is 0.593. The first-order valence-corrected chi connectivity index (χ1v) is 9.74. The Labute approximate surface area is 163 Å². The molecule has 1 N–H and O–H groups in total. The highest BCUT2D eigenvalue weighted by molar-refractivity contribution is 6.00. The second-order valence-corrected chi connectivity index (χ2v) is 7.66. The quantitative estimate of drug-likeness (QED) is 0.891. The molecular weight excluding hydrogens is 356 g/mol. The first-order valence-electron chi connectivity index (χ1n) is 9.74. The molecule has 2 atom stereocenters. The molecule has 2 heterocycles. The minimum atomic E-state index is -0.324. The van der Waals surface area contributed by atoms with Gasteiger partial charge in [0.25, 0.3) is 0 Å². The molecule has 3 aliphatic rings. The molecule has 0 aromatic heterocycles. The second kappa shape index (κ2) is 6.86. The fourth-order valence-electron chi connectivity index (χ4n) is 4.33.